The first-order valence-electron chi connectivity index (χ1n) is 18.4. The van der Waals surface area contributed by atoms with Crippen LogP contribution in [0.4, 0.5) is 17.1 Å². The van der Waals surface area contributed by atoms with Crippen LogP contribution in [0, 0.1) is 0 Å². The number of anilines is 3. The monoisotopic (exact) mass is 689 g/mol. The quantitative estimate of drug-likeness (QED) is 0.166. The standard InChI is InChI=1S/C52H35NO/c1-3-10-36(11-4-1)38-18-20-40(21-19-38)41-26-29-45(30-27-41)53(46-16-9-15-44(34-46)42-24-22-39(23-25-42)37-12-5-2-6-13-37)47-31-33-49-50-32-28-43-14-7-8-17-48(43)52(50)54-51(49)35-47/h1-35H. The molecule has 0 amide bonds. The van der Waals surface area contributed by atoms with Crippen molar-refractivity contribution < 1.29 is 4.42 Å². The average Bonchev–Trinajstić information content (AvgIpc) is 3.64. The van der Waals surface area contributed by atoms with Crippen molar-refractivity contribution in [1.29, 1.82) is 0 Å². The lowest BCUT2D eigenvalue weighted by Crippen LogP contribution is -2.10. The number of nitrogens with zero attached hydrogens (tertiary/aromatic N) is 1. The Morgan fingerprint density at radius 3 is 1.37 bits per heavy atom. The SMILES string of the molecule is c1ccc(-c2ccc(-c3ccc(N(c4cccc(-c5ccc(-c6ccccc6)cc5)c4)c4ccc5c(c4)oc4c6ccccc6ccc54)cc3)cc2)cc1. The van der Waals surface area contributed by atoms with Crippen LogP contribution in [-0.4, -0.2) is 0 Å². The maximum absolute atomic E-state index is 6.66. The zero-order valence-electron chi connectivity index (χ0n) is 29.6. The third-order valence-electron chi connectivity index (χ3n) is 10.5. The van der Waals surface area contributed by atoms with Gasteiger partial charge in [0.05, 0.1) is 0 Å². The topological polar surface area (TPSA) is 16.4 Å². The van der Waals surface area contributed by atoms with Crippen molar-refractivity contribution >= 4 is 49.8 Å². The highest BCUT2D eigenvalue weighted by atomic mass is 16.3. The van der Waals surface area contributed by atoms with Gasteiger partial charge in [-0.05, 0) is 92.4 Å². The van der Waals surface area contributed by atoms with Crippen molar-refractivity contribution in [1.82, 2.24) is 0 Å². The van der Waals surface area contributed by atoms with Gasteiger partial charge in [-0.2, -0.15) is 0 Å². The summed E-state index contributed by atoms with van der Waals surface area (Å²) >= 11 is 0. The van der Waals surface area contributed by atoms with Gasteiger partial charge in [-0.25, -0.2) is 0 Å². The van der Waals surface area contributed by atoms with Gasteiger partial charge in [-0.1, -0.05) is 164 Å². The summed E-state index contributed by atoms with van der Waals surface area (Å²) in [7, 11) is 0. The summed E-state index contributed by atoms with van der Waals surface area (Å²) in [6.07, 6.45) is 0. The third-order valence-corrected chi connectivity index (χ3v) is 10.5. The van der Waals surface area contributed by atoms with Gasteiger partial charge in [0.2, 0.25) is 0 Å². The summed E-state index contributed by atoms with van der Waals surface area (Å²) in [5, 5.41) is 4.55. The van der Waals surface area contributed by atoms with Crippen LogP contribution in [-0.2, 0) is 0 Å². The second-order valence-corrected chi connectivity index (χ2v) is 13.8. The lowest BCUT2D eigenvalue weighted by Gasteiger charge is -2.26. The van der Waals surface area contributed by atoms with E-state index >= 15 is 0 Å². The minimum Gasteiger partial charge on any atom is -0.455 e. The molecule has 54 heavy (non-hydrogen) atoms. The van der Waals surface area contributed by atoms with Gasteiger partial charge in [-0.15, -0.1) is 0 Å². The molecule has 10 rings (SSSR count). The Kier molecular flexibility index (Phi) is 7.85. The minimum absolute atomic E-state index is 0.867. The van der Waals surface area contributed by atoms with Gasteiger partial charge < -0.3 is 9.32 Å². The fraction of sp³-hybridized carbons (Fsp3) is 0. The largest absolute Gasteiger partial charge is 0.455 e. The molecule has 0 saturated heterocycles. The average molecular weight is 690 g/mol. The van der Waals surface area contributed by atoms with Crippen molar-refractivity contribution in [2.75, 3.05) is 4.90 Å². The molecule has 0 aliphatic carbocycles. The van der Waals surface area contributed by atoms with Crippen LogP contribution in [0.1, 0.15) is 0 Å². The van der Waals surface area contributed by atoms with Gasteiger partial charge in [0.25, 0.3) is 0 Å². The van der Waals surface area contributed by atoms with Gasteiger partial charge in [-0.3, -0.25) is 0 Å². The van der Waals surface area contributed by atoms with Crippen LogP contribution in [0.25, 0.3) is 77.2 Å². The van der Waals surface area contributed by atoms with E-state index in [1.54, 1.807) is 0 Å². The number of hydrogen-bond acceptors (Lipinski definition) is 2. The Morgan fingerprint density at radius 2 is 0.741 bits per heavy atom. The first-order chi connectivity index (χ1) is 26.7. The molecule has 9 aromatic carbocycles. The summed E-state index contributed by atoms with van der Waals surface area (Å²) in [5.74, 6) is 0. The maximum atomic E-state index is 6.66. The second kappa shape index (κ2) is 13.4. The van der Waals surface area contributed by atoms with Crippen molar-refractivity contribution in [3.05, 3.63) is 212 Å². The van der Waals surface area contributed by atoms with E-state index in [1.165, 1.54) is 44.3 Å². The van der Waals surface area contributed by atoms with Crippen LogP contribution in [0.15, 0.2) is 217 Å². The van der Waals surface area contributed by atoms with Gasteiger partial charge >= 0.3 is 0 Å². The Bertz CT molecular complexity index is 2890. The summed E-state index contributed by atoms with van der Waals surface area (Å²) in [5.41, 5.74) is 14.5. The first-order valence-corrected chi connectivity index (χ1v) is 18.4. The van der Waals surface area contributed by atoms with Gasteiger partial charge in [0.15, 0.2) is 0 Å². The summed E-state index contributed by atoms with van der Waals surface area (Å²) < 4.78 is 6.66. The molecular weight excluding hydrogens is 655 g/mol. The maximum Gasteiger partial charge on any atom is 0.143 e. The van der Waals surface area contributed by atoms with E-state index in [1.807, 2.05) is 0 Å². The normalized spacial score (nSPS) is 11.3. The summed E-state index contributed by atoms with van der Waals surface area (Å²) in [4.78, 5) is 2.33. The molecule has 1 heterocycles. The van der Waals surface area contributed by atoms with E-state index in [4.69, 9.17) is 4.42 Å². The Hall–Kier alpha value is -7.16. The Morgan fingerprint density at radius 1 is 0.278 bits per heavy atom. The van der Waals surface area contributed by atoms with Crippen molar-refractivity contribution in [2.45, 2.75) is 0 Å². The molecule has 254 valence electrons. The van der Waals surface area contributed by atoms with Crippen molar-refractivity contribution in [2.24, 2.45) is 0 Å². The van der Waals surface area contributed by atoms with Crippen LogP contribution >= 0.6 is 0 Å². The van der Waals surface area contributed by atoms with E-state index in [-0.39, 0.29) is 0 Å². The molecule has 2 nitrogen and oxygen atoms in total. The molecular formula is C52H35NO. The number of furan rings is 1. The number of hydrogen-bond donors (Lipinski definition) is 0. The third kappa shape index (κ3) is 5.81. The van der Waals surface area contributed by atoms with Crippen LogP contribution in [0.3, 0.4) is 0 Å². The first kappa shape index (κ1) is 31.6. The zero-order valence-corrected chi connectivity index (χ0v) is 29.6. The van der Waals surface area contributed by atoms with Crippen molar-refractivity contribution in [3.8, 4) is 44.5 Å². The summed E-state index contributed by atoms with van der Waals surface area (Å²) in [6.45, 7) is 0. The molecule has 0 unspecified atom stereocenters. The molecule has 0 N–H and O–H groups in total. The van der Waals surface area contributed by atoms with Crippen LogP contribution in [0.2, 0.25) is 0 Å². The molecule has 0 spiro atoms. The van der Waals surface area contributed by atoms with Crippen LogP contribution in [0.5, 0.6) is 0 Å². The van der Waals surface area contributed by atoms with Gasteiger partial charge in [0, 0.05) is 39.3 Å². The Balaban J connectivity index is 1.05. The number of benzene rings is 9. The number of rotatable bonds is 7. The predicted molar refractivity (Wildman–Crippen MR) is 228 cm³/mol. The second-order valence-electron chi connectivity index (χ2n) is 13.8. The van der Waals surface area contributed by atoms with E-state index in [2.05, 4.69) is 217 Å². The lowest BCUT2D eigenvalue weighted by molar-refractivity contribution is 0.672. The van der Waals surface area contributed by atoms with Crippen molar-refractivity contribution in [3.63, 3.8) is 0 Å². The molecule has 0 atom stereocenters. The number of fused-ring (bicyclic) bond motifs is 5. The lowest BCUT2D eigenvalue weighted by atomic mass is 9.99. The fourth-order valence-electron chi connectivity index (χ4n) is 7.68. The highest BCUT2D eigenvalue weighted by Crippen LogP contribution is 2.41. The van der Waals surface area contributed by atoms with E-state index in [9.17, 15) is 0 Å². The zero-order chi connectivity index (χ0) is 35.8. The minimum atomic E-state index is 0.867. The van der Waals surface area contributed by atoms with Gasteiger partial charge in [0.1, 0.15) is 11.2 Å². The molecule has 0 aliphatic rings. The molecule has 1 aromatic heterocycles. The molecule has 0 bridgehead atoms. The Labute approximate surface area is 314 Å². The molecule has 10 aromatic rings. The summed E-state index contributed by atoms with van der Waals surface area (Å²) in [6, 6.07) is 75.8. The molecule has 0 aliphatic heterocycles. The smallest absolute Gasteiger partial charge is 0.143 e. The molecule has 2 heteroatoms. The van der Waals surface area contributed by atoms with Crippen LogP contribution < -0.4 is 4.90 Å². The molecule has 0 radical (unpaired) electrons. The fourth-order valence-corrected chi connectivity index (χ4v) is 7.68. The molecule has 0 saturated carbocycles. The van der Waals surface area contributed by atoms with E-state index in [0.29, 0.717) is 0 Å². The highest BCUT2D eigenvalue weighted by molar-refractivity contribution is 6.15. The highest BCUT2D eigenvalue weighted by Gasteiger charge is 2.17. The van der Waals surface area contributed by atoms with E-state index < -0.39 is 0 Å². The van der Waals surface area contributed by atoms with E-state index in [0.717, 1.165) is 50.0 Å². The molecule has 0 fully saturated rings. The predicted octanol–water partition coefficient (Wildman–Crippen LogP) is 14.9.